The summed E-state index contributed by atoms with van der Waals surface area (Å²) in [5, 5.41) is 4.96. The van der Waals surface area contributed by atoms with E-state index in [0.29, 0.717) is 5.89 Å². The van der Waals surface area contributed by atoms with Gasteiger partial charge in [0, 0.05) is 44.6 Å². The number of rotatable bonds is 7. The molecule has 0 aliphatic heterocycles. The molecule has 9 aromatic carbocycles. The van der Waals surface area contributed by atoms with Crippen LogP contribution in [0.3, 0.4) is 0 Å². The second-order valence-electron chi connectivity index (χ2n) is 14.4. The standard InChI is InChI=1S/C53H35N3O/c1-4-14-36(15-5-1)37-26-29-42(30-27-37)55(43-22-12-19-40(34-43)46-24-13-25-48-52(46)57-53(54-48)39-17-6-2-7-18-39)44-31-32-47-50(35-44)56(41-20-8-3-9-21-41)49-33-28-38-16-10-11-23-45(38)51(47)49/h1-35H. The first-order chi connectivity index (χ1) is 28.3. The van der Waals surface area contributed by atoms with Crippen LogP contribution in [0.2, 0.25) is 0 Å². The maximum Gasteiger partial charge on any atom is 0.227 e. The normalized spacial score (nSPS) is 11.5. The van der Waals surface area contributed by atoms with Crippen molar-refractivity contribution in [2.45, 2.75) is 0 Å². The van der Waals surface area contributed by atoms with Gasteiger partial charge in [-0.2, -0.15) is 0 Å². The second-order valence-corrected chi connectivity index (χ2v) is 14.4. The minimum Gasteiger partial charge on any atom is -0.435 e. The second kappa shape index (κ2) is 13.6. The van der Waals surface area contributed by atoms with E-state index in [1.54, 1.807) is 0 Å². The first-order valence-corrected chi connectivity index (χ1v) is 19.3. The molecule has 0 aliphatic rings. The SMILES string of the molecule is c1ccc(-c2ccc(N(c3cccc(-c4cccc5nc(-c6ccccc6)oc45)c3)c3ccc4c5c6ccccc6ccc5n(-c5ccccc5)c4c3)cc2)cc1. The van der Waals surface area contributed by atoms with Gasteiger partial charge in [-0.15, -0.1) is 0 Å². The van der Waals surface area contributed by atoms with E-state index in [0.717, 1.165) is 56.1 Å². The van der Waals surface area contributed by atoms with Gasteiger partial charge in [0.2, 0.25) is 5.89 Å². The van der Waals surface area contributed by atoms with Gasteiger partial charge in [-0.1, -0.05) is 140 Å². The Morgan fingerprint density at radius 3 is 1.88 bits per heavy atom. The molecule has 57 heavy (non-hydrogen) atoms. The maximum absolute atomic E-state index is 6.50. The molecule has 0 saturated carbocycles. The largest absolute Gasteiger partial charge is 0.435 e. The number of aromatic nitrogens is 2. The van der Waals surface area contributed by atoms with E-state index < -0.39 is 0 Å². The van der Waals surface area contributed by atoms with Crippen LogP contribution in [0.15, 0.2) is 217 Å². The summed E-state index contributed by atoms with van der Waals surface area (Å²) in [6.45, 7) is 0. The van der Waals surface area contributed by atoms with E-state index in [1.165, 1.54) is 38.2 Å². The lowest BCUT2D eigenvalue weighted by Crippen LogP contribution is -2.10. The van der Waals surface area contributed by atoms with Crippen LogP contribution in [0.25, 0.3) is 83.1 Å². The van der Waals surface area contributed by atoms with Crippen molar-refractivity contribution in [2.75, 3.05) is 4.90 Å². The zero-order valence-electron chi connectivity index (χ0n) is 31.0. The van der Waals surface area contributed by atoms with E-state index in [2.05, 4.69) is 185 Å². The fourth-order valence-corrected chi connectivity index (χ4v) is 8.34. The molecule has 4 nitrogen and oxygen atoms in total. The Labute approximate surface area is 330 Å². The topological polar surface area (TPSA) is 34.2 Å². The molecule has 4 heteroatoms. The average Bonchev–Trinajstić information content (AvgIpc) is 3.88. The number of anilines is 3. The van der Waals surface area contributed by atoms with Crippen LogP contribution in [0.4, 0.5) is 17.1 Å². The predicted molar refractivity (Wildman–Crippen MR) is 237 cm³/mol. The van der Waals surface area contributed by atoms with Gasteiger partial charge in [-0.25, -0.2) is 4.98 Å². The van der Waals surface area contributed by atoms with Crippen LogP contribution in [-0.4, -0.2) is 9.55 Å². The van der Waals surface area contributed by atoms with E-state index >= 15 is 0 Å². The summed E-state index contributed by atoms with van der Waals surface area (Å²) < 4.78 is 8.91. The van der Waals surface area contributed by atoms with Gasteiger partial charge < -0.3 is 13.9 Å². The van der Waals surface area contributed by atoms with Gasteiger partial charge in [0.25, 0.3) is 0 Å². The van der Waals surface area contributed by atoms with Crippen LogP contribution >= 0.6 is 0 Å². The highest BCUT2D eigenvalue weighted by Crippen LogP contribution is 2.43. The first-order valence-electron chi connectivity index (χ1n) is 19.3. The predicted octanol–water partition coefficient (Wildman–Crippen LogP) is 14.5. The van der Waals surface area contributed by atoms with Crippen LogP contribution in [0.1, 0.15) is 0 Å². The smallest absolute Gasteiger partial charge is 0.227 e. The Bertz CT molecular complexity index is 3220. The summed E-state index contributed by atoms with van der Waals surface area (Å²) in [6.07, 6.45) is 0. The number of para-hydroxylation sites is 2. The maximum atomic E-state index is 6.50. The van der Waals surface area contributed by atoms with Crippen molar-refractivity contribution in [1.82, 2.24) is 9.55 Å². The molecule has 0 radical (unpaired) electrons. The summed E-state index contributed by atoms with van der Waals surface area (Å²) in [4.78, 5) is 7.23. The van der Waals surface area contributed by atoms with Crippen molar-refractivity contribution in [3.8, 4) is 39.4 Å². The van der Waals surface area contributed by atoms with Gasteiger partial charge in [0.05, 0.1) is 11.0 Å². The van der Waals surface area contributed by atoms with Gasteiger partial charge in [0.15, 0.2) is 5.58 Å². The first kappa shape index (κ1) is 32.7. The Hall–Kier alpha value is -7.69. The molecule has 268 valence electrons. The third-order valence-electron chi connectivity index (χ3n) is 11.0. The molecule has 2 heterocycles. The molecule has 0 atom stereocenters. The highest BCUT2D eigenvalue weighted by molar-refractivity contribution is 6.21. The zero-order valence-corrected chi connectivity index (χ0v) is 31.0. The van der Waals surface area contributed by atoms with Crippen LogP contribution in [0, 0.1) is 0 Å². The lowest BCUT2D eigenvalue weighted by Gasteiger charge is -2.26. The number of hydrogen-bond donors (Lipinski definition) is 0. The number of oxazole rings is 1. The Kier molecular flexibility index (Phi) is 7.78. The molecule has 0 spiro atoms. The van der Waals surface area contributed by atoms with E-state index in [9.17, 15) is 0 Å². The molecule has 0 aliphatic carbocycles. The Balaban J connectivity index is 1.12. The third-order valence-corrected chi connectivity index (χ3v) is 11.0. The average molecular weight is 730 g/mol. The fraction of sp³-hybridized carbons (Fsp3) is 0. The number of nitrogens with zero attached hydrogens (tertiary/aromatic N) is 3. The summed E-state index contributed by atoms with van der Waals surface area (Å²) in [5.41, 5.74) is 13.6. The van der Waals surface area contributed by atoms with Crippen molar-refractivity contribution >= 4 is 60.7 Å². The summed E-state index contributed by atoms with van der Waals surface area (Å²) in [6, 6.07) is 75.2. The molecule has 0 fully saturated rings. The highest BCUT2D eigenvalue weighted by Gasteiger charge is 2.20. The van der Waals surface area contributed by atoms with Crippen molar-refractivity contribution in [3.63, 3.8) is 0 Å². The number of hydrogen-bond acceptors (Lipinski definition) is 3. The van der Waals surface area contributed by atoms with Crippen LogP contribution < -0.4 is 4.90 Å². The van der Waals surface area contributed by atoms with Gasteiger partial charge in [-0.3, -0.25) is 0 Å². The number of fused-ring (bicyclic) bond motifs is 6. The minimum atomic E-state index is 0.615. The molecular formula is C53H35N3O. The van der Waals surface area contributed by atoms with E-state index in [1.807, 2.05) is 36.4 Å². The fourth-order valence-electron chi connectivity index (χ4n) is 8.34. The van der Waals surface area contributed by atoms with E-state index in [-0.39, 0.29) is 0 Å². The molecule has 0 bridgehead atoms. The van der Waals surface area contributed by atoms with Gasteiger partial charge in [-0.05, 0) is 100 Å². The minimum absolute atomic E-state index is 0.615. The van der Waals surface area contributed by atoms with Crippen molar-refractivity contribution in [2.24, 2.45) is 0 Å². The molecule has 0 amide bonds. The highest BCUT2D eigenvalue weighted by atomic mass is 16.3. The number of benzene rings is 9. The van der Waals surface area contributed by atoms with Crippen molar-refractivity contribution < 1.29 is 4.42 Å². The lowest BCUT2D eigenvalue weighted by molar-refractivity contribution is 0.621. The molecule has 0 saturated heterocycles. The molecular weight excluding hydrogens is 695 g/mol. The summed E-state index contributed by atoms with van der Waals surface area (Å²) in [7, 11) is 0. The third kappa shape index (κ3) is 5.66. The van der Waals surface area contributed by atoms with Gasteiger partial charge >= 0.3 is 0 Å². The molecule has 2 aromatic heterocycles. The van der Waals surface area contributed by atoms with Crippen molar-refractivity contribution in [3.05, 3.63) is 212 Å². The van der Waals surface area contributed by atoms with Crippen molar-refractivity contribution in [1.29, 1.82) is 0 Å². The van der Waals surface area contributed by atoms with Gasteiger partial charge in [0.1, 0.15) is 5.52 Å². The summed E-state index contributed by atoms with van der Waals surface area (Å²) in [5.74, 6) is 0.615. The molecule has 0 N–H and O–H groups in total. The Morgan fingerprint density at radius 2 is 1.07 bits per heavy atom. The molecule has 11 aromatic rings. The Morgan fingerprint density at radius 1 is 0.421 bits per heavy atom. The quantitative estimate of drug-likeness (QED) is 0.164. The zero-order chi connectivity index (χ0) is 37.7. The molecule has 0 unspecified atom stereocenters. The summed E-state index contributed by atoms with van der Waals surface area (Å²) >= 11 is 0. The van der Waals surface area contributed by atoms with Crippen LogP contribution in [-0.2, 0) is 0 Å². The monoisotopic (exact) mass is 729 g/mol. The van der Waals surface area contributed by atoms with E-state index in [4.69, 9.17) is 9.40 Å². The lowest BCUT2D eigenvalue weighted by atomic mass is 10.0. The van der Waals surface area contributed by atoms with Crippen LogP contribution in [0.5, 0.6) is 0 Å². The molecule has 11 rings (SSSR count).